The molecule has 1 aromatic carbocycles. The van der Waals surface area contributed by atoms with Gasteiger partial charge in [-0.15, -0.1) is 0 Å². The molecule has 0 amide bonds. The van der Waals surface area contributed by atoms with Crippen molar-refractivity contribution >= 4 is 0 Å². The summed E-state index contributed by atoms with van der Waals surface area (Å²) in [6, 6.07) is 13.2. The van der Waals surface area contributed by atoms with Crippen LogP contribution in [0, 0.1) is 11.3 Å². The van der Waals surface area contributed by atoms with Crippen LogP contribution in [0.25, 0.3) is 11.1 Å². The summed E-state index contributed by atoms with van der Waals surface area (Å²) in [5.41, 5.74) is 2.56. The topological polar surface area (TPSA) is 45.9 Å². The maximum atomic E-state index is 8.71. The van der Waals surface area contributed by atoms with Gasteiger partial charge in [-0.1, -0.05) is 12.1 Å². The smallest absolute Gasteiger partial charge is 0.221 e. The summed E-state index contributed by atoms with van der Waals surface area (Å²) >= 11 is 0. The summed E-state index contributed by atoms with van der Waals surface area (Å²) in [5, 5.41) is 8.71. The van der Waals surface area contributed by atoms with Gasteiger partial charge in [0.15, 0.2) is 0 Å². The number of methoxy groups -OCH3 is 1. The molecule has 0 N–H and O–H groups in total. The van der Waals surface area contributed by atoms with Gasteiger partial charge in [0.05, 0.1) is 18.7 Å². The van der Waals surface area contributed by atoms with Crippen LogP contribution in [0.1, 0.15) is 5.56 Å². The second kappa shape index (κ2) is 4.45. The molecule has 0 fully saturated rings. The van der Waals surface area contributed by atoms with Gasteiger partial charge in [0.25, 0.3) is 0 Å². The largest absolute Gasteiger partial charge is 0.481 e. The second-order valence-corrected chi connectivity index (χ2v) is 3.25. The Balaban J connectivity index is 2.47. The van der Waals surface area contributed by atoms with E-state index in [9.17, 15) is 0 Å². The summed E-state index contributed by atoms with van der Waals surface area (Å²) in [5.74, 6) is 0.590. The molecule has 3 nitrogen and oxygen atoms in total. The van der Waals surface area contributed by atoms with E-state index in [1.54, 1.807) is 25.4 Å². The first kappa shape index (κ1) is 10.2. The molecule has 0 aliphatic heterocycles. The molecule has 0 atom stereocenters. The van der Waals surface area contributed by atoms with Crippen molar-refractivity contribution in [2.45, 2.75) is 0 Å². The Morgan fingerprint density at radius 3 is 2.56 bits per heavy atom. The summed E-state index contributed by atoms with van der Waals surface area (Å²) < 4.78 is 5.18. The van der Waals surface area contributed by atoms with Crippen molar-refractivity contribution in [3.63, 3.8) is 0 Å². The molecule has 0 unspecified atom stereocenters. The first-order valence-electron chi connectivity index (χ1n) is 4.84. The predicted octanol–water partition coefficient (Wildman–Crippen LogP) is 2.63. The molecule has 2 rings (SSSR count). The van der Waals surface area contributed by atoms with Crippen LogP contribution < -0.4 is 4.74 Å². The average molecular weight is 210 g/mol. The Kier molecular flexibility index (Phi) is 2.84. The number of nitrogens with zero attached hydrogens (tertiary/aromatic N) is 2. The second-order valence-electron chi connectivity index (χ2n) is 3.25. The zero-order valence-electron chi connectivity index (χ0n) is 8.84. The lowest BCUT2D eigenvalue weighted by molar-refractivity contribution is 0.399. The summed E-state index contributed by atoms with van der Waals surface area (Å²) in [4.78, 5) is 4.13. The van der Waals surface area contributed by atoms with Crippen LogP contribution in [0.5, 0.6) is 5.88 Å². The molecule has 0 aliphatic rings. The van der Waals surface area contributed by atoms with E-state index in [1.807, 2.05) is 24.3 Å². The van der Waals surface area contributed by atoms with Crippen LogP contribution in [0.4, 0.5) is 0 Å². The molecule has 0 saturated heterocycles. The highest BCUT2D eigenvalue weighted by Crippen LogP contribution is 2.27. The van der Waals surface area contributed by atoms with E-state index in [0.29, 0.717) is 11.4 Å². The van der Waals surface area contributed by atoms with Crippen LogP contribution in [0.15, 0.2) is 42.6 Å². The molecule has 16 heavy (non-hydrogen) atoms. The molecule has 0 saturated carbocycles. The average Bonchev–Trinajstić information content (AvgIpc) is 2.39. The van der Waals surface area contributed by atoms with Crippen molar-refractivity contribution < 1.29 is 4.74 Å². The van der Waals surface area contributed by atoms with Gasteiger partial charge < -0.3 is 4.74 Å². The number of hydrogen-bond donors (Lipinski definition) is 0. The molecule has 3 heteroatoms. The van der Waals surface area contributed by atoms with Crippen LogP contribution in [-0.2, 0) is 0 Å². The Morgan fingerprint density at radius 2 is 1.94 bits per heavy atom. The van der Waals surface area contributed by atoms with Crippen molar-refractivity contribution in [3.8, 4) is 23.1 Å². The lowest BCUT2D eigenvalue weighted by atomic mass is 10.1. The third-order valence-electron chi connectivity index (χ3n) is 2.29. The van der Waals surface area contributed by atoms with Gasteiger partial charge in [0, 0.05) is 11.8 Å². The number of pyridine rings is 1. The van der Waals surface area contributed by atoms with Gasteiger partial charge in [-0.25, -0.2) is 4.98 Å². The summed E-state index contributed by atoms with van der Waals surface area (Å²) in [7, 11) is 1.59. The molecule has 2 aromatic rings. The monoisotopic (exact) mass is 210 g/mol. The van der Waals surface area contributed by atoms with Gasteiger partial charge in [-0.2, -0.15) is 5.26 Å². The molecule has 0 bridgehead atoms. The normalized spacial score (nSPS) is 9.50. The Labute approximate surface area is 93.9 Å². The molecule has 1 heterocycles. The van der Waals surface area contributed by atoms with E-state index in [2.05, 4.69) is 11.1 Å². The standard InChI is InChI=1S/C13H10N2O/c1-16-13-12(3-2-8-15-13)11-6-4-10(9-14)5-7-11/h2-8H,1H3. The lowest BCUT2D eigenvalue weighted by Gasteiger charge is -2.06. The van der Waals surface area contributed by atoms with Gasteiger partial charge >= 0.3 is 0 Å². The van der Waals surface area contributed by atoms with Crippen molar-refractivity contribution in [2.75, 3.05) is 7.11 Å². The highest BCUT2D eigenvalue weighted by atomic mass is 16.5. The number of benzene rings is 1. The van der Waals surface area contributed by atoms with Gasteiger partial charge in [0.1, 0.15) is 0 Å². The first-order chi connectivity index (χ1) is 7.85. The van der Waals surface area contributed by atoms with Crippen LogP contribution >= 0.6 is 0 Å². The quantitative estimate of drug-likeness (QED) is 0.765. The fourth-order valence-electron chi connectivity index (χ4n) is 1.50. The number of hydrogen-bond acceptors (Lipinski definition) is 3. The molecule has 0 aliphatic carbocycles. The van der Waals surface area contributed by atoms with Crippen molar-refractivity contribution in [3.05, 3.63) is 48.2 Å². The van der Waals surface area contributed by atoms with Gasteiger partial charge in [-0.05, 0) is 29.8 Å². The van der Waals surface area contributed by atoms with E-state index in [0.717, 1.165) is 11.1 Å². The van der Waals surface area contributed by atoms with Crippen molar-refractivity contribution in [1.29, 1.82) is 5.26 Å². The highest BCUT2D eigenvalue weighted by Gasteiger charge is 2.05. The molecule has 0 radical (unpaired) electrons. The predicted molar refractivity (Wildman–Crippen MR) is 60.9 cm³/mol. The number of aromatic nitrogens is 1. The SMILES string of the molecule is COc1ncccc1-c1ccc(C#N)cc1. The zero-order chi connectivity index (χ0) is 11.4. The maximum Gasteiger partial charge on any atom is 0.221 e. The highest BCUT2D eigenvalue weighted by molar-refractivity contribution is 5.68. The molecular weight excluding hydrogens is 200 g/mol. The van der Waals surface area contributed by atoms with Crippen LogP contribution in [0.3, 0.4) is 0 Å². The third kappa shape index (κ3) is 1.86. The molecular formula is C13H10N2O. The van der Waals surface area contributed by atoms with E-state index in [4.69, 9.17) is 10.00 Å². The molecule has 0 spiro atoms. The Hall–Kier alpha value is -2.34. The Bertz CT molecular complexity index is 526. The van der Waals surface area contributed by atoms with E-state index in [-0.39, 0.29) is 0 Å². The van der Waals surface area contributed by atoms with Crippen molar-refractivity contribution in [2.24, 2.45) is 0 Å². The summed E-state index contributed by atoms with van der Waals surface area (Å²) in [6.45, 7) is 0. The fraction of sp³-hybridized carbons (Fsp3) is 0.0769. The number of rotatable bonds is 2. The lowest BCUT2D eigenvalue weighted by Crippen LogP contribution is -1.90. The molecule has 1 aromatic heterocycles. The van der Waals surface area contributed by atoms with Gasteiger partial charge in [0.2, 0.25) is 5.88 Å². The maximum absolute atomic E-state index is 8.71. The van der Waals surface area contributed by atoms with Crippen LogP contribution in [-0.4, -0.2) is 12.1 Å². The molecule has 78 valence electrons. The minimum Gasteiger partial charge on any atom is -0.481 e. The zero-order valence-corrected chi connectivity index (χ0v) is 8.84. The van der Waals surface area contributed by atoms with E-state index >= 15 is 0 Å². The Morgan fingerprint density at radius 1 is 1.19 bits per heavy atom. The van der Waals surface area contributed by atoms with Gasteiger partial charge in [-0.3, -0.25) is 0 Å². The summed E-state index contributed by atoms with van der Waals surface area (Å²) in [6.07, 6.45) is 1.69. The van der Waals surface area contributed by atoms with E-state index < -0.39 is 0 Å². The minimum atomic E-state index is 0.590. The van der Waals surface area contributed by atoms with E-state index in [1.165, 1.54) is 0 Å². The minimum absolute atomic E-state index is 0.590. The fourth-order valence-corrected chi connectivity index (χ4v) is 1.50. The van der Waals surface area contributed by atoms with Crippen molar-refractivity contribution in [1.82, 2.24) is 4.98 Å². The first-order valence-corrected chi connectivity index (χ1v) is 4.84. The van der Waals surface area contributed by atoms with Crippen LogP contribution in [0.2, 0.25) is 0 Å². The third-order valence-corrected chi connectivity index (χ3v) is 2.29. The number of nitriles is 1. The number of ether oxygens (including phenoxy) is 1.